The Kier molecular flexibility index (Phi) is 7.13. The van der Waals surface area contributed by atoms with Gasteiger partial charge in [-0.2, -0.15) is 0 Å². The van der Waals surface area contributed by atoms with Crippen molar-refractivity contribution >= 4 is 11.6 Å². The first kappa shape index (κ1) is 20.9. The second kappa shape index (κ2) is 10.6. The van der Waals surface area contributed by atoms with Crippen molar-refractivity contribution in [2.75, 3.05) is 44.2 Å². The van der Waals surface area contributed by atoms with Gasteiger partial charge in [-0.05, 0) is 29.8 Å². The summed E-state index contributed by atoms with van der Waals surface area (Å²) in [5.41, 5.74) is 2.76. The summed E-state index contributed by atoms with van der Waals surface area (Å²) in [6, 6.07) is 23.8. The van der Waals surface area contributed by atoms with E-state index in [1.165, 1.54) is 0 Å². The van der Waals surface area contributed by atoms with Crippen LogP contribution >= 0.6 is 0 Å². The molecule has 1 aromatic heterocycles. The average Bonchev–Trinajstić information content (AvgIpc) is 2.84. The predicted octanol–water partition coefficient (Wildman–Crippen LogP) is 3.21. The number of carbonyl (C=O) groups excluding carboxylic acids is 1. The fourth-order valence-electron chi connectivity index (χ4n) is 3.70. The van der Waals surface area contributed by atoms with Crippen LogP contribution in [-0.4, -0.2) is 55.1 Å². The molecule has 0 bridgehead atoms. The lowest BCUT2D eigenvalue weighted by atomic mass is 10.2. The maximum Gasteiger partial charge on any atom is 0.269 e. The van der Waals surface area contributed by atoms with Crippen LogP contribution in [0.15, 0.2) is 79.0 Å². The summed E-state index contributed by atoms with van der Waals surface area (Å²) in [6.07, 6.45) is 1.63. The van der Waals surface area contributed by atoms with Crippen molar-refractivity contribution in [2.45, 2.75) is 6.61 Å². The fourth-order valence-corrected chi connectivity index (χ4v) is 3.70. The molecule has 0 aliphatic carbocycles. The van der Waals surface area contributed by atoms with Gasteiger partial charge in [-0.15, -0.1) is 0 Å². The quantitative estimate of drug-likeness (QED) is 0.611. The molecule has 0 spiro atoms. The molecule has 0 atom stereocenters. The lowest BCUT2D eigenvalue weighted by molar-refractivity contribution is 0.0943. The van der Waals surface area contributed by atoms with E-state index in [0.717, 1.165) is 49.7 Å². The zero-order chi connectivity index (χ0) is 21.3. The first-order valence-electron chi connectivity index (χ1n) is 10.7. The van der Waals surface area contributed by atoms with Crippen LogP contribution in [0.1, 0.15) is 16.1 Å². The summed E-state index contributed by atoms with van der Waals surface area (Å²) in [4.78, 5) is 21.0. The molecule has 1 saturated heterocycles. The van der Waals surface area contributed by atoms with Crippen molar-refractivity contribution in [3.63, 3.8) is 0 Å². The molecule has 2 aromatic carbocycles. The molecule has 0 radical (unpaired) electrons. The molecule has 160 valence electrons. The third-order valence-electron chi connectivity index (χ3n) is 5.43. The predicted molar refractivity (Wildman–Crippen MR) is 122 cm³/mol. The van der Waals surface area contributed by atoms with E-state index in [2.05, 4.69) is 44.4 Å². The van der Waals surface area contributed by atoms with Crippen LogP contribution in [0.5, 0.6) is 5.75 Å². The number of para-hydroxylation sites is 2. The Morgan fingerprint density at radius 1 is 0.903 bits per heavy atom. The van der Waals surface area contributed by atoms with Gasteiger partial charge in [-0.3, -0.25) is 14.7 Å². The molecule has 6 nitrogen and oxygen atoms in total. The summed E-state index contributed by atoms with van der Waals surface area (Å²) in [5.74, 6) is 0.797. The highest BCUT2D eigenvalue weighted by Crippen LogP contribution is 2.29. The minimum atomic E-state index is -0.122. The van der Waals surface area contributed by atoms with Crippen molar-refractivity contribution < 1.29 is 9.53 Å². The lowest BCUT2D eigenvalue weighted by Crippen LogP contribution is -2.48. The van der Waals surface area contributed by atoms with Gasteiger partial charge < -0.3 is 15.0 Å². The average molecular weight is 417 g/mol. The zero-order valence-electron chi connectivity index (χ0n) is 17.6. The highest BCUT2D eigenvalue weighted by Gasteiger charge is 2.19. The number of rotatable bonds is 8. The zero-order valence-corrected chi connectivity index (χ0v) is 17.6. The number of piperazine rings is 1. The largest absolute Gasteiger partial charge is 0.487 e. The molecule has 0 unspecified atom stereocenters. The number of anilines is 1. The van der Waals surface area contributed by atoms with Crippen molar-refractivity contribution in [3.05, 3.63) is 90.3 Å². The van der Waals surface area contributed by atoms with Gasteiger partial charge in [-0.1, -0.05) is 48.5 Å². The van der Waals surface area contributed by atoms with Gasteiger partial charge in [0.05, 0.1) is 5.69 Å². The Balaban J connectivity index is 1.25. The smallest absolute Gasteiger partial charge is 0.269 e. The first-order chi connectivity index (χ1) is 15.3. The Morgan fingerprint density at radius 3 is 2.42 bits per heavy atom. The Hall–Kier alpha value is -3.38. The lowest BCUT2D eigenvalue weighted by Gasteiger charge is -2.36. The van der Waals surface area contributed by atoms with E-state index in [4.69, 9.17) is 4.74 Å². The van der Waals surface area contributed by atoms with Crippen LogP contribution in [-0.2, 0) is 6.61 Å². The molecule has 1 amide bonds. The van der Waals surface area contributed by atoms with Crippen LogP contribution in [0, 0.1) is 0 Å². The number of nitrogens with one attached hydrogen (secondary N) is 1. The SMILES string of the molecule is O=C(NCCN1CCN(c2ccccc2OCc2ccccc2)CC1)c1ccccn1. The van der Waals surface area contributed by atoms with E-state index >= 15 is 0 Å². The molecule has 0 saturated carbocycles. The van der Waals surface area contributed by atoms with E-state index < -0.39 is 0 Å². The van der Waals surface area contributed by atoms with Crippen LogP contribution in [0.3, 0.4) is 0 Å². The second-order valence-electron chi connectivity index (χ2n) is 7.54. The third kappa shape index (κ3) is 5.83. The topological polar surface area (TPSA) is 57.7 Å². The molecule has 1 fully saturated rings. The van der Waals surface area contributed by atoms with Gasteiger partial charge in [0.2, 0.25) is 0 Å². The maximum absolute atomic E-state index is 12.1. The van der Waals surface area contributed by atoms with E-state index in [1.54, 1.807) is 18.3 Å². The molecule has 4 rings (SSSR count). The Labute approximate surface area is 183 Å². The number of ether oxygens (including phenoxy) is 1. The molecule has 1 N–H and O–H groups in total. The summed E-state index contributed by atoms with van der Waals surface area (Å²) in [7, 11) is 0. The van der Waals surface area contributed by atoms with Crippen LogP contribution in [0.2, 0.25) is 0 Å². The number of carbonyl (C=O) groups is 1. The molecular formula is C25H28N4O2. The molecule has 31 heavy (non-hydrogen) atoms. The van der Waals surface area contributed by atoms with Crippen molar-refractivity contribution in [2.24, 2.45) is 0 Å². The van der Waals surface area contributed by atoms with Crippen molar-refractivity contribution in [1.29, 1.82) is 0 Å². The van der Waals surface area contributed by atoms with E-state index in [0.29, 0.717) is 18.8 Å². The maximum atomic E-state index is 12.1. The molecule has 6 heteroatoms. The number of aromatic nitrogens is 1. The van der Waals surface area contributed by atoms with Crippen LogP contribution in [0.4, 0.5) is 5.69 Å². The minimum Gasteiger partial charge on any atom is -0.487 e. The number of benzene rings is 2. The first-order valence-corrected chi connectivity index (χ1v) is 10.7. The van der Waals surface area contributed by atoms with Crippen molar-refractivity contribution in [1.82, 2.24) is 15.2 Å². The number of hydrogen-bond acceptors (Lipinski definition) is 5. The molecular weight excluding hydrogens is 388 g/mol. The third-order valence-corrected chi connectivity index (χ3v) is 5.43. The Morgan fingerprint density at radius 2 is 1.65 bits per heavy atom. The second-order valence-corrected chi connectivity index (χ2v) is 7.54. The minimum absolute atomic E-state index is 0.122. The summed E-state index contributed by atoms with van der Waals surface area (Å²) in [6.45, 7) is 5.78. The molecule has 1 aliphatic rings. The summed E-state index contributed by atoms with van der Waals surface area (Å²) in [5, 5.41) is 2.95. The van der Waals surface area contributed by atoms with Gasteiger partial charge in [0.15, 0.2) is 0 Å². The van der Waals surface area contributed by atoms with E-state index in [9.17, 15) is 4.79 Å². The molecule has 3 aromatic rings. The van der Waals surface area contributed by atoms with Crippen molar-refractivity contribution in [3.8, 4) is 5.75 Å². The highest BCUT2D eigenvalue weighted by atomic mass is 16.5. The van der Waals surface area contributed by atoms with Gasteiger partial charge in [0, 0.05) is 45.5 Å². The highest BCUT2D eigenvalue weighted by molar-refractivity contribution is 5.92. The van der Waals surface area contributed by atoms with Gasteiger partial charge in [-0.25, -0.2) is 0 Å². The van der Waals surface area contributed by atoms with E-state index in [1.807, 2.05) is 36.4 Å². The van der Waals surface area contributed by atoms with Gasteiger partial charge in [0.25, 0.3) is 5.91 Å². The summed E-state index contributed by atoms with van der Waals surface area (Å²) >= 11 is 0. The number of amides is 1. The number of nitrogens with zero attached hydrogens (tertiary/aromatic N) is 3. The standard InChI is InChI=1S/C25H28N4O2/c30-25(22-10-6-7-13-26-22)27-14-15-28-16-18-29(19-17-28)23-11-4-5-12-24(23)31-20-21-8-2-1-3-9-21/h1-13H,14-20H2,(H,27,30). The normalized spacial score (nSPS) is 14.3. The Bertz CT molecular complexity index is 958. The fraction of sp³-hybridized carbons (Fsp3) is 0.280. The molecule has 2 heterocycles. The van der Waals surface area contributed by atoms with Crippen LogP contribution < -0.4 is 15.0 Å². The van der Waals surface area contributed by atoms with Gasteiger partial charge >= 0.3 is 0 Å². The molecule has 1 aliphatic heterocycles. The summed E-state index contributed by atoms with van der Waals surface area (Å²) < 4.78 is 6.13. The monoisotopic (exact) mass is 416 g/mol. The van der Waals surface area contributed by atoms with E-state index in [-0.39, 0.29) is 5.91 Å². The number of hydrogen-bond donors (Lipinski definition) is 1. The van der Waals surface area contributed by atoms with Crippen LogP contribution in [0.25, 0.3) is 0 Å². The van der Waals surface area contributed by atoms with Gasteiger partial charge in [0.1, 0.15) is 18.1 Å². The number of pyridine rings is 1.